The van der Waals surface area contributed by atoms with Gasteiger partial charge in [0.2, 0.25) is 0 Å². The Morgan fingerprint density at radius 1 is 1.44 bits per heavy atom. The second-order valence-electron chi connectivity index (χ2n) is 3.89. The fourth-order valence-corrected chi connectivity index (χ4v) is 2.49. The van der Waals surface area contributed by atoms with Gasteiger partial charge in [-0.2, -0.15) is 5.26 Å². The zero-order valence-corrected chi connectivity index (χ0v) is 11.2. The highest BCUT2D eigenvalue weighted by Crippen LogP contribution is 2.23. The number of hydrogen-bond acceptors (Lipinski definition) is 3. The first-order valence-corrected chi connectivity index (χ1v) is 7.10. The van der Waals surface area contributed by atoms with Crippen molar-refractivity contribution < 1.29 is 0 Å². The van der Waals surface area contributed by atoms with Gasteiger partial charge in [0.1, 0.15) is 6.04 Å². The summed E-state index contributed by atoms with van der Waals surface area (Å²) in [4.78, 5) is 1.21. The first-order chi connectivity index (χ1) is 7.78. The average molecular weight is 297 g/mol. The van der Waals surface area contributed by atoms with E-state index in [1.165, 1.54) is 17.7 Å². The van der Waals surface area contributed by atoms with Gasteiger partial charge >= 0.3 is 0 Å². The molecule has 84 valence electrons. The van der Waals surface area contributed by atoms with Gasteiger partial charge in [-0.05, 0) is 37.1 Å². The fourth-order valence-electron chi connectivity index (χ4n) is 1.37. The second-order valence-corrected chi connectivity index (χ2v) is 5.90. The number of nitriles is 1. The van der Waals surface area contributed by atoms with E-state index in [0.717, 1.165) is 10.2 Å². The molecule has 0 spiro atoms. The SMILES string of the molecule is N#CC(CSc1ccc(Br)cc1)NC1CC1. The van der Waals surface area contributed by atoms with E-state index in [1.807, 2.05) is 12.1 Å². The Morgan fingerprint density at radius 2 is 2.12 bits per heavy atom. The van der Waals surface area contributed by atoms with Gasteiger partial charge in [0.05, 0.1) is 6.07 Å². The lowest BCUT2D eigenvalue weighted by Crippen LogP contribution is -2.31. The predicted molar refractivity (Wildman–Crippen MR) is 70.4 cm³/mol. The van der Waals surface area contributed by atoms with Crippen LogP contribution >= 0.6 is 27.7 Å². The van der Waals surface area contributed by atoms with Crippen molar-refractivity contribution in [3.8, 4) is 6.07 Å². The smallest absolute Gasteiger partial charge is 0.105 e. The van der Waals surface area contributed by atoms with Crippen LogP contribution in [0.1, 0.15) is 12.8 Å². The topological polar surface area (TPSA) is 35.8 Å². The van der Waals surface area contributed by atoms with Gasteiger partial charge in [-0.25, -0.2) is 0 Å². The normalized spacial score (nSPS) is 16.8. The Kier molecular flexibility index (Phi) is 4.28. The monoisotopic (exact) mass is 296 g/mol. The molecule has 0 heterocycles. The Balaban J connectivity index is 1.80. The van der Waals surface area contributed by atoms with Gasteiger partial charge < -0.3 is 0 Å². The lowest BCUT2D eigenvalue weighted by atomic mass is 10.4. The summed E-state index contributed by atoms with van der Waals surface area (Å²) in [5.74, 6) is 0.814. The van der Waals surface area contributed by atoms with Gasteiger partial charge in [0.25, 0.3) is 0 Å². The molecular formula is C12H13BrN2S. The van der Waals surface area contributed by atoms with Crippen LogP contribution < -0.4 is 5.32 Å². The molecule has 1 aromatic carbocycles. The maximum atomic E-state index is 8.99. The van der Waals surface area contributed by atoms with Crippen LogP contribution in [0.15, 0.2) is 33.6 Å². The number of hydrogen-bond donors (Lipinski definition) is 1. The van der Waals surface area contributed by atoms with Crippen LogP contribution in [-0.4, -0.2) is 17.8 Å². The molecule has 0 aliphatic heterocycles. The molecule has 1 unspecified atom stereocenters. The van der Waals surface area contributed by atoms with Crippen molar-refractivity contribution in [2.75, 3.05) is 5.75 Å². The minimum Gasteiger partial charge on any atom is -0.298 e. The molecular weight excluding hydrogens is 284 g/mol. The van der Waals surface area contributed by atoms with Crippen LogP contribution in [-0.2, 0) is 0 Å². The van der Waals surface area contributed by atoms with Gasteiger partial charge in [0, 0.05) is 21.2 Å². The van der Waals surface area contributed by atoms with Crippen LogP contribution in [0.5, 0.6) is 0 Å². The van der Waals surface area contributed by atoms with Gasteiger partial charge in [0.15, 0.2) is 0 Å². The van der Waals surface area contributed by atoms with Crippen LogP contribution in [0.3, 0.4) is 0 Å². The maximum absolute atomic E-state index is 8.99. The van der Waals surface area contributed by atoms with E-state index in [-0.39, 0.29) is 6.04 Å². The molecule has 1 aliphatic carbocycles. The molecule has 0 radical (unpaired) electrons. The molecule has 1 saturated carbocycles. The minimum atomic E-state index is -0.0267. The molecule has 16 heavy (non-hydrogen) atoms. The third kappa shape index (κ3) is 3.82. The Morgan fingerprint density at radius 3 is 2.69 bits per heavy atom. The predicted octanol–water partition coefficient (Wildman–Crippen LogP) is 3.19. The maximum Gasteiger partial charge on any atom is 0.105 e. The quantitative estimate of drug-likeness (QED) is 0.848. The van der Waals surface area contributed by atoms with E-state index in [9.17, 15) is 0 Å². The molecule has 4 heteroatoms. The van der Waals surface area contributed by atoms with Crippen molar-refractivity contribution in [2.45, 2.75) is 29.8 Å². The standard InChI is InChI=1S/C12H13BrN2S/c13-9-1-5-12(6-2-9)16-8-11(7-14)15-10-3-4-10/h1-2,5-6,10-11,15H,3-4,8H2. The minimum absolute atomic E-state index is 0.0267. The molecule has 1 aromatic rings. The van der Waals surface area contributed by atoms with Crippen molar-refractivity contribution in [1.29, 1.82) is 5.26 Å². The Hall–Kier alpha value is -0.500. The van der Waals surface area contributed by atoms with Gasteiger partial charge in [-0.1, -0.05) is 15.9 Å². The summed E-state index contributed by atoms with van der Waals surface area (Å²) in [6.07, 6.45) is 2.45. The summed E-state index contributed by atoms with van der Waals surface area (Å²) in [5.41, 5.74) is 0. The van der Waals surface area contributed by atoms with E-state index in [2.05, 4.69) is 39.4 Å². The molecule has 1 fully saturated rings. The van der Waals surface area contributed by atoms with Crippen molar-refractivity contribution in [3.05, 3.63) is 28.7 Å². The Labute approximate surface area is 109 Å². The summed E-state index contributed by atoms with van der Waals surface area (Å²) < 4.78 is 1.09. The molecule has 0 bridgehead atoms. The second kappa shape index (κ2) is 5.72. The molecule has 1 N–H and O–H groups in total. The highest BCUT2D eigenvalue weighted by Gasteiger charge is 2.24. The van der Waals surface area contributed by atoms with Crippen molar-refractivity contribution in [3.63, 3.8) is 0 Å². The molecule has 1 aliphatic rings. The number of benzene rings is 1. The highest BCUT2D eigenvalue weighted by molar-refractivity contribution is 9.10. The van der Waals surface area contributed by atoms with E-state index < -0.39 is 0 Å². The summed E-state index contributed by atoms with van der Waals surface area (Å²) in [7, 11) is 0. The highest BCUT2D eigenvalue weighted by atomic mass is 79.9. The lowest BCUT2D eigenvalue weighted by Gasteiger charge is -2.09. The van der Waals surface area contributed by atoms with Gasteiger partial charge in [-0.3, -0.25) is 5.32 Å². The van der Waals surface area contributed by atoms with Crippen LogP contribution in [0.25, 0.3) is 0 Å². The van der Waals surface area contributed by atoms with E-state index in [0.29, 0.717) is 6.04 Å². The van der Waals surface area contributed by atoms with E-state index >= 15 is 0 Å². The van der Waals surface area contributed by atoms with Gasteiger partial charge in [-0.15, -0.1) is 11.8 Å². The zero-order chi connectivity index (χ0) is 11.4. The lowest BCUT2D eigenvalue weighted by molar-refractivity contribution is 0.644. The molecule has 0 aromatic heterocycles. The van der Waals surface area contributed by atoms with E-state index in [1.54, 1.807) is 11.8 Å². The molecule has 2 nitrogen and oxygen atoms in total. The molecule has 0 amide bonds. The summed E-state index contributed by atoms with van der Waals surface area (Å²) in [6, 6.07) is 11.1. The number of nitrogens with one attached hydrogen (secondary N) is 1. The number of halogens is 1. The van der Waals surface area contributed by atoms with Crippen molar-refractivity contribution >= 4 is 27.7 Å². The van der Waals surface area contributed by atoms with Crippen molar-refractivity contribution in [2.24, 2.45) is 0 Å². The average Bonchev–Trinajstić information content (AvgIpc) is 3.10. The Bertz CT molecular complexity index is 381. The van der Waals surface area contributed by atoms with Crippen molar-refractivity contribution in [1.82, 2.24) is 5.32 Å². The third-order valence-corrected chi connectivity index (χ3v) is 4.03. The largest absolute Gasteiger partial charge is 0.298 e. The third-order valence-electron chi connectivity index (χ3n) is 2.40. The number of nitrogens with zero attached hydrogens (tertiary/aromatic N) is 1. The van der Waals surface area contributed by atoms with Crippen LogP contribution in [0, 0.1) is 11.3 Å². The van der Waals surface area contributed by atoms with E-state index in [4.69, 9.17) is 5.26 Å². The summed E-state index contributed by atoms with van der Waals surface area (Å²) in [5, 5.41) is 12.3. The van der Waals surface area contributed by atoms with Crippen LogP contribution in [0.4, 0.5) is 0 Å². The first kappa shape index (κ1) is 12.0. The number of thioether (sulfide) groups is 1. The van der Waals surface area contributed by atoms with Crippen LogP contribution in [0.2, 0.25) is 0 Å². The first-order valence-electron chi connectivity index (χ1n) is 5.32. The molecule has 1 atom stereocenters. The fraction of sp³-hybridized carbons (Fsp3) is 0.417. The summed E-state index contributed by atoms with van der Waals surface area (Å²) >= 11 is 5.13. The molecule has 0 saturated heterocycles. The zero-order valence-electron chi connectivity index (χ0n) is 8.82. The summed E-state index contributed by atoms with van der Waals surface area (Å²) in [6.45, 7) is 0. The number of rotatable bonds is 5. The molecule has 2 rings (SSSR count).